The molecular weight excluding hydrogens is 290 g/mol. The molecule has 0 radical (unpaired) electrons. The minimum Gasteiger partial charge on any atom is -0.324 e. The standard InChI is InChI=1S/C15H14ClN3S/c1-10-3-4-11-9-17-15(20-14(11)18-10)19(2)13-7-5-12(16)6-8-13/h3-8H,9H2,1-2H3. The third kappa shape index (κ3) is 2.67. The van der Waals surface area contributed by atoms with E-state index in [4.69, 9.17) is 11.6 Å². The summed E-state index contributed by atoms with van der Waals surface area (Å²) in [5, 5.41) is 2.75. The van der Waals surface area contributed by atoms with Crippen LogP contribution < -0.4 is 4.90 Å². The Kier molecular flexibility index (Phi) is 3.68. The molecular formula is C15H14ClN3S. The van der Waals surface area contributed by atoms with Gasteiger partial charge in [0.25, 0.3) is 0 Å². The summed E-state index contributed by atoms with van der Waals surface area (Å²) in [6.45, 7) is 2.69. The minimum atomic E-state index is 0.683. The maximum absolute atomic E-state index is 5.92. The first-order valence-corrected chi connectivity index (χ1v) is 7.51. The van der Waals surface area contributed by atoms with Crippen LogP contribution in [-0.4, -0.2) is 17.2 Å². The lowest BCUT2D eigenvalue weighted by Crippen LogP contribution is -2.25. The quantitative estimate of drug-likeness (QED) is 0.792. The topological polar surface area (TPSA) is 28.5 Å². The van der Waals surface area contributed by atoms with Crippen LogP contribution >= 0.6 is 23.4 Å². The first-order valence-electron chi connectivity index (χ1n) is 6.31. The second-order valence-corrected chi connectivity index (χ2v) is 6.05. The van der Waals surface area contributed by atoms with Gasteiger partial charge in [0.15, 0.2) is 5.17 Å². The monoisotopic (exact) mass is 303 g/mol. The van der Waals surface area contributed by atoms with Crippen molar-refractivity contribution in [2.45, 2.75) is 18.5 Å². The second-order valence-electron chi connectivity index (χ2n) is 4.65. The zero-order valence-electron chi connectivity index (χ0n) is 11.3. The van der Waals surface area contributed by atoms with Crippen LogP contribution in [0.2, 0.25) is 5.02 Å². The van der Waals surface area contributed by atoms with Crippen LogP contribution in [0, 0.1) is 6.92 Å². The van der Waals surface area contributed by atoms with Gasteiger partial charge in [-0.1, -0.05) is 17.7 Å². The SMILES string of the molecule is Cc1ccc2c(n1)SC(N(C)c1ccc(Cl)cc1)=NC2. The highest BCUT2D eigenvalue weighted by atomic mass is 35.5. The predicted octanol–water partition coefficient (Wildman–Crippen LogP) is 4.14. The molecule has 0 aliphatic carbocycles. The molecule has 0 unspecified atom stereocenters. The highest BCUT2D eigenvalue weighted by Crippen LogP contribution is 2.31. The van der Waals surface area contributed by atoms with E-state index in [2.05, 4.69) is 20.9 Å². The Bertz CT molecular complexity index is 667. The molecule has 2 aromatic rings. The Morgan fingerprint density at radius 2 is 1.90 bits per heavy atom. The van der Waals surface area contributed by atoms with Gasteiger partial charge in [-0.2, -0.15) is 0 Å². The van der Waals surface area contributed by atoms with Crippen LogP contribution in [0.1, 0.15) is 11.3 Å². The van der Waals surface area contributed by atoms with Crippen LogP contribution in [0.25, 0.3) is 0 Å². The molecule has 0 bridgehead atoms. The summed E-state index contributed by atoms with van der Waals surface area (Å²) in [4.78, 5) is 11.3. The van der Waals surface area contributed by atoms with Crippen LogP contribution in [-0.2, 0) is 6.54 Å². The predicted molar refractivity (Wildman–Crippen MR) is 85.8 cm³/mol. The summed E-state index contributed by atoms with van der Waals surface area (Å²) in [7, 11) is 2.01. The van der Waals surface area contributed by atoms with Crippen LogP contribution in [0.5, 0.6) is 0 Å². The van der Waals surface area contributed by atoms with Gasteiger partial charge >= 0.3 is 0 Å². The Morgan fingerprint density at radius 1 is 1.15 bits per heavy atom. The van der Waals surface area contributed by atoms with Crippen LogP contribution in [0.15, 0.2) is 46.4 Å². The number of benzene rings is 1. The summed E-state index contributed by atoms with van der Waals surface area (Å²) >= 11 is 7.53. The highest BCUT2D eigenvalue weighted by molar-refractivity contribution is 8.14. The summed E-state index contributed by atoms with van der Waals surface area (Å²) in [5.74, 6) is 0. The van der Waals surface area contributed by atoms with E-state index in [1.807, 2.05) is 44.3 Å². The summed E-state index contributed by atoms with van der Waals surface area (Å²) in [5.41, 5.74) is 3.29. The number of rotatable bonds is 1. The van der Waals surface area contributed by atoms with Gasteiger partial charge < -0.3 is 4.90 Å². The van der Waals surface area contributed by atoms with Crippen molar-refractivity contribution < 1.29 is 0 Å². The number of hydrogen-bond donors (Lipinski definition) is 0. The first kappa shape index (κ1) is 13.5. The van der Waals surface area contributed by atoms with E-state index in [-0.39, 0.29) is 0 Å². The average molecular weight is 304 g/mol. The molecule has 1 aromatic heterocycles. The van der Waals surface area contributed by atoms with Crippen molar-refractivity contribution in [2.24, 2.45) is 4.99 Å². The molecule has 0 atom stereocenters. The fourth-order valence-electron chi connectivity index (χ4n) is 1.99. The van der Waals surface area contributed by atoms with Gasteiger partial charge in [-0.3, -0.25) is 4.99 Å². The normalized spacial score (nSPS) is 13.7. The number of fused-ring (bicyclic) bond motifs is 1. The fraction of sp³-hybridized carbons (Fsp3) is 0.200. The minimum absolute atomic E-state index is 0.683. The Hall–Kier alpha value is -1.52. The van der Waals surface area contributed by atoms with E-state index in [1.165, 1.54) is 5.56 Å². The van der Waals surface area contributed by atoms with E-state index < -0.39 is 0 Å². The number of thioether (sulfide) groups is 1. The molecule has 102 valence electrons. The molecule has 1 aliphatic rings. The maximum atomic E-state index is 5.92. The van der Waals surface area contributed by atoms with Crippen molar-refractivity contribution in [3.63, 3.8) is 0 Å². The zero-order chi connectivity index (χ0) is 14.1. The molecule has 0 spiro atoms. The number of anilines is 1. The van der Waals surface area contributed by atoms with Crippen LogP contribution in [0.4, 0.5) is 5.69 Å². The van der Waals surface area contributed by atoms with Gasteiger partial charge in [-0.15, -0.1) is 0 Å². The number of aryl methyl sites for hydroxylation is 1. The van der Waals surface area contributed by atoms with Crippen molar-refractivity contribution >= 4 is 34.2 Å². The van der Waals surface area contributed by atoms with Gasteiger partial charge in [-0.25, -0.2) is 4.98 Å². The van der Waals surface area contributed by atoms with Gasteiger partial charge in [0.05, 0.1) is 6.54 Å². The smallest absolute Gasteiger partial charge is 0.170 e. The zero-order valence-corrected chi connectivity index (χ0v) is 12.9. The van der Waals surface area contributed by atoms with Crippen molar-refractivity contribution in [2.75, 3.05) is 11.9 Å². The van der Waals surface area contributed by atoms with E-state index in [0.29, 0.717) is 6.54 Å². The lowest BCUT2D eigenvalue weighted by atomic mass is 10.2. The van der Waals surface area contributed by atoms with Crippen molar-refractivity contribution in [3.8, 4) is 0 Å². The average Bonchev–Trinajstić information content (AvgIpc) is 2.46. The van der Waals surface area contributed by atoms with Crippen LogP contribution in [0.3, 0.4) is 0 Å². The molecule has 0 fully saturated rings. The third-order valence-corrected chi connectivity index (χ3v) is 4.54. The molecule has 1 aromatic carbocycles. The van der Waals surface area contributed by atoms with Gasteiger partial charge in [0.1, 0.15) is 5.03 Å². The maximum Gasteiger partial charge on any atom is 0.170 e. The Morgan fingerprint density at radius 3 is 2.65 bits per heavy atom. The molecule has 0 saturated heterocycles. The number of nitrogens with zero attached hydrogens (tertiary/aromatic N) is 3. The molecule has 0 saturated carbocycles. The van der Waals surface area contributed by atoms with Crippen molar-refractivity contribution in [1.82, 2.24) is 4.98 Å². The molecule has 20 heavy (non-hydrogen) atoms. The number of halogens is 1. The van der Waals surface area contributed by atoms with E-state index in [1.54, 1.807) is 11.8 Å². The largest absolute Gasteiger partial charge is 0.324 e. The number of amidine groups is 1. The molecule has 0 amide bonds. The molecule has 3 rings (SSSR count). The van der Waals surface area contributed by atoms with Gasteiger partial charge in [0.2, 0.25) is 0 Å². The van der Waals surface area contributed by atoms with E-state index in [9.17, 15) is 0 Å². The Labute approximate surface area is 127 Å². The third-order valence-electron chi connectivity index (χ3n) is 3.15. The van der Waals surface area contributed by atoms with Crippen molar-refractivity contribution in [3.05, 3.63) is 52.7 Å². The molecule has 2 heterocycles. The summed E-state index contributed by atoms with van der Waals surface area (Å²) < 4.78 is 0. The van der Waals surface area contributed by atoms with Gasteiger partial charge in [0, 0.05) is 29.0 Å². The number of aromatic nitrogens is 1. The molecule has 3 nitrogen and oxygen atoms in total. The van der Waals surface area contributed by atoms with Gasteiger partial charge in [-0.05, 0) is 49.0 Å². The number of pyridine rings is 1. The number of hydrogen-bond acceptors (Lipinski definition) is 4. The highest BCUT2D eigenvalue weighted by Gasteiger charge is 2.18. The van der Waals surface area contributed by atoms with E-state index >= 15 is 0 Å². The fourth-order valence-corrected chi connectivity index (χ4v) is 3.12. The van der Waals surface area contributed by atoms with Crippen molar-refractivity contribution in [1.29, 1.82) is 0 Å². The molecule has 1 aliphatic heterocycles. The summed E-state index contributed by atoms with van der Waals surface area (Å²) in [6.07, 6.45) is 0. The number of aliphatic imine (C=N–C) groups is 1. The lowest BCUT2D eigenvalue weighted by Gasteiger charge is -2.24. The first-order chi connectivity index (χ1) is 9.63. The summed E-state index contributed by atoms with van der Waals surface area (Å²) in [6, 6.07) is 11.9. The molecule has 0 N–H and O–H groups in total. The second kappa shape index (κ2) is 5.46. The van der Waals surface area contributed by atoms with E-state index in [0.717, 1.165) is 26.6 Å². The Balaban J connectivity index is 1.85. The molecule has 5 heteroatoms. The lowest BCUT2D eigenvalue weighted by molar-refractivity contribution is 0.932.